The number of carbonyl (C=O) groups is 1. The van der Waals surface area contributed by atoms with Crippen LogP contribution in [0.15, 0.2) is 53.6 Å². The maximum atomic E-state index is 14.5. The minimum absolute atomic E-state index is 0.0582. The average Bonchev–Trinajstić information content (AvgIpc) is 3.09. The van der Waals surface area contributed by atoms with E-state index >= 15 is 0 Å². The van der Waals surface area contributed by atoms with Crippen molar-refractivity contribution in [2.75, 3.05) is 6.54 Å². The second-order valence-corrected chi connectivity index (χ2v) is 8.74. The van der Waals surface area contributed by atoms with Gasteiger partial charge in [0.2, 0.25) is 5.91 Å². The molecule has 2 aromatic rings. The summed E-state index contributed by atoms with van der Waals surface area (Å²) in [5, 5.41) is 6.26. The maximum Gasteiger partial charge on any atom is 0.244 e. The van der Waals surface area contributed by atoms with Gasteiger partial charge in [-0.1, -0.05) is 55.9 Å². The fourth-order valence-electron chi connectivity index (χ4n) is 3.38. The Morgan fingerprint density at radius 2 is 1.93 bits per heavy atom. The molecule has 0 aromatic heterocycles. The summed E-state index contributed by atoms with van der Waals surface area (Å²) in [6.45, 7) is 4.37. The molecule has 7 heteroatoms. The van der Waals surface area contributed by atoms with Crippen LogP contribution in [0.3, 0.4) is 0 Å². The number of rotatable bonds is 7. The highest BCUT2D eigenvalue weighted by Gasteiger charge is 2.48. The van der Waals surface area contributed by atoms with Gasteiger partial charge in [0.25, 0.3) is 0 Å². The van der Waals surface area contributed by atoms with Crippen LogP contribution >= 0.6 is 11.8 Å². The van der Waals surface area contributed by atoms with Gasteiger partial charge in [0.05, 0.1) is 0 Å². The Labute approximate surface area is 174 Å². The lowest BCUT2D eigenvalue weighted by atomic mass is 9.99. The highest BCUT2D eigenvalue weighted by molar-refractivity contribution is 8.15. The van der Waals surface area contributed by atoms with E-state index in [1.807, 2.05) is 44.2 Å². The molecule has 0 spiro atoms. The van der Waals surface area contributed by atoms with Gasteiger partial charge in [0.1, 0.15) is 21.5 Å². The Hall–Kier alpha value is -2.25. The molecule has 0 fully saturated rings. The largest absolute Gasteiger partial charge is 0.330 e. The number of hydrazone groups is 1. The van der Waals surface area contributed by atoms with Crippen molar-refractivity contribution in [2.24, 2.45) is 16.8 Å². The number of nitrogens with two attached hydrogens (primary N) is 1. The van der Waals surface area contributed by atoms with E-state index in [2.05, 4.69) is 5.10 Å². The lowest BCUT2D eigenvalue weighted by Gasteiger charge is -2.36. The molecule has 1 amide bonds. The molecule has 3 rings (SSSR count). The van der Waals surface area contributed by atoms with Gasteiger partial charge in [-0.15, -0.1) is 0 Å². The SMILES string of the molecule is CC(C)CC(=O)N1N=C(c2cc(F)ccc2F)S[C@]1(CCCN)c1ccccc1. The lowest BCUT2D eigenvalue weighted by molar-refractivity contribution is -0.135. The molecular weight excluding hydrogens is 392 g/mol. The zero-order chi connectivity index (χ0) is 21.0. The molecule has 1 heterocycles. The predicted octanol–water partition coefficient (Wildman–Crippen LogP) is 4.84. The van der Waals surface area contributed by atoms with Gasteiger partial charge in [-0.25, -0.2) is 13.8 Å². The molecule has 0 aliphatic carbocycles. The van der Waals surface area contributed by atoms with Crippen molar-refractivity contribution in [2.45, 2.75) is 38.0 Å². The van der Waals surface area contributed by atoms with Gasteiger partial charge < -0.3 is 5.73 Å². The molecule has 29 heavy (non-hydrogen) atoms. The van der Waals surface area contributed by atoms with E-state index in [4.69, 9.17) is 5.73 Å². The van der Waals surface area contributed by atoms with Crippen LogP contribution in [-0.4, -0.2) is 22.5 Å². The quantitative estimate of drug-likeness (QED) is 0.701. The Kier molecular flexibility index (Phi) is 6.70. The third-order valence-electron chi connectivity index (χ3n) is 4.72. The number of hydrogen-bond donors (Lipinski definition) is 1. The second-order valence-electron chi connectivity index (χ2n) is 7.48. The van der Waals surface area contributed by atoms with E-state index < -0.39 is 16.5 Å². The molecule has 0 unspecified atom stereocenters. The number of nitrogens with zero attached hydrogens (tertiary/aromatic N) is 2. The van der Waals surface area contributed by atoms with Crippen LogP contribution in [-0.2, 0) is 9.67 Å². The van der Waals surface area contributed by atoms with Crippen LogP contribution < -0.4 is 5.73 Å². The number of thioether (sulfide) groups is 1. The van der Waals surface area contributed by atoms with Crippen molar-refractivity contribution < 1.29 is 13.6 Å². The Bertz CT molecular complexity index is 904. The maximum absolute atomic E-state index is 14.5. The molecule has 2 N–H and O–H groups in total. The first-order chi connectivity index (χ1) is 13.9. The van der Waals surface area contributed by atoms with E-state index in [-0.39, 0.29) is 17.4 Å². The number of halogens is 2. The number of amides is 1. The molecule has 1 aliphatic heterocycles. The molecule has 0 radical (unpaired) electrons. The molecule has 1 atom stereocenters. The summed E-state index contributed by atoms with van der Waals surface area (Å²) in [6.07, 6.45) is 1.51. The molecule has 1 aliphatic rings. The summed E-state index contributed by atoms with van der Waals surface area (Å²) in [5.41, 5.74) is 6.71. The molecule has 0 saturated heterocycles. The Morgan fingerprint density at radius 1 is 1.21 bits per heavy atom. The number of carbonyl (C=O) groups excluding carboxylic acids is 1. The van der Waals surface area contributed by atoms with E-state index in [0.29, 0.717) is 30.9 Å². The van der Waals surface area contributed by atoms with Crippen molar-refractivity contribution in [3.8, 4) is 0 Å². The summed E-state index contributed by atoms with van der Waals surface area (Å²) >= 11 is 1.28. The number of hydrogen-bond acceptors (Lipinski definition) is 4. The standard InChI is InChI=1S/C22H25F2N3OS/c1-15(2)13-20(28)27-22(11-6-12-25,16-7-4-3-5-8-16)29-21(26-27)18-14-17(23)9-10-19(18)24/h3-5,7-10,14-15H,6,11-13,25H2,1-2H3/t22-/m1/s1. The highest BCUT2D eigenvalue weighted by atomic mass is 32.2. The minimum atomic E-state index is -0.847. The summed E-state index contributed by atoms with van der Waals surface area (Å²) in [6, 6.07) is 12.8. The molecular formula is C22H25F2N3OS. The zero-order valence-electron chi connectivity index (χ0n) is 16.6. The third kappa shape index (κ3) is 4.51. The first kappa shape index (κ1) is 21.5. The lowest BCUT2D eigenvalue weighted by Crippen LogP contribution is -2.42. The second kappa shape index (κ2) is 9.05. The Morgan fingerprint density at radius 3 is 2.59 bits per heavy atom. The average molecular weight is 418 g/mol. The fraction of sp³-hybridized carbons (Fsp3) is 0.364. The normalized spacial score (nSPS) is 19.0. The van der Waals surface area contributed by atoms with Crippen LogP contribution in [0.2, 0.25) is 0 Å². The number of benzene rings is 2. The van der Waals surface area contributed by atoms with Crippen LogP contribution in [0.4, 0.5) is 8.78 Å². The van der Waals surface area contributed by atoms with E-state index in [1.54, 1.807) is 0 Å². The zero-order valence-corrected chi connectivity index (χ0v) is 17.4. The fourth-order valence-corrected chi connectivity index (χ4v) is 4.82. The van der Waals surface area contributed by atoms with Gasteiger partial charge >= 0.3 is 0 Å². The molecule has 4 nitrogen and oxygen atoms in total. The third-order valence-corrected chi connectivity index (χ3v) is 6.17. The molecule has 2 aromatic carbocycles. The van der Waals surface area contributed by atoms with Gasteiger partial charge in [-0.2, -0.15) is 5.10 Å². The smallest absolute Gasteiger partial charge is 0.244 e. The Balaban J connectivity index is 2.12. The molecule has 0 saturated carbocycles. The van der Waals surface area contributed by atoms with Crippen molar-refractivity contribution in [3.63, 3.8) is 0 Å². The first-order valence-corrected chi connectivity index (χ1v) is 10.5. The predicted molar refractivity (Wildman–Crippen MR) is 113 cm³/mol. The minimum Gasteiger partial charge on any atom is -0.330 e. The van der Waals surface area contributed by atoms with Gasteiger partial charge in [0.15, 0.2) is 0 Å². The van der Waals surface area contributed by atoms with E-state index in [9.17, 15) is 13.6 Å². The van der Waals surface area contributed by atoms with Crippen LogP contribution in [0.25, 0.3) is 0 Å². The monoisotopic (exact) mass is 417 g/mol. The topological polar surface area (TPSA) is 58.7 Å². The molecule has 0 bridgehead atoms. The summed E-state index contributed by atoms with van der Waals surface area (Å²) in [4.78, 5) is 12.3. The van der Waals surface area contributed by atoms with E-state index in [0.717, 1.165) is 23.8 Å². The van der Waals surface area contributed by atoms with Gasteiger partial charge in [-0.3, -0.25) is 4.79 Å². The summed E-state index contributed by atoms with van der Waals surface area (Å²) < 4.78 is 28.3. The summed E-state index contributed by atoms with van der Waals surface area (Å²) in [7, 11) is 0. The van der Waals surface area contributed by atoms with Gasteiger partial charge in [0, 0.05) is 12.0 Å². The first-order valence-electron chi connectivity index (χ1n) is 9.69. The van der Waals surface area contributed by atoms with Crippen molar-refractivity contribution in [1.82, 2.24) is 5.01 Å². The van der Waals surface area contributed by atoms with E-state index in [1.165, 1.54) is 16.8 Å². The van der Waals surface area contributed by atoms with Crippen LogP contribution in [0.5, 0.6) is 0 Å². The van der Waals surface area contributed by atoms with Crippen LogP contribution in [0.1, 0.15) is 44.2 Å². The van der Waals surface area contributed by atoms with Crippen LogP contribution in [0, 0.1) is 17.6 Å². The van der Waals surface area contributed by atoms with Crippen molar-refractivity contribution >= 4 is 22.7 Å². The highest BCUT2D eigenvalue weighted by Crippen LogP contribution is 2.50. The molecule has 154 valence electrons. The summed E-state index contributed by atoms with van der Waals surface area (Å²) in [5.74, 6) is -1.14. The van der Waals surface area contributed by atoms with Crippen molar-refractivity contribution in [3.05, 3.63) is 71.3 Å². The van der Waals surface area contributed by atoms with Gasteiger partial charge in [-0.05, 0) is 49.1 Å². The van der Waals surface area contributed by atoms with Crippen molar-refractivity contribution in [1.29, 1.82) is 0 Å².